The predicted octanol–water partition coefficient (Wildman–Crippen LogP) is 3.22. The fourth-order valence-electron chi connectivity index (χ4n) is 2.70. The maximum Gasteiger partial charge on any atom is 0.0417 e. The number of rotatable bonds is 2. The first-order valence-electron chi connectivity index (χ1n) is 5.88. The van der Waals surface area contributed by atoms with Crippen molar-refractivity contribution in [3.63, 3.8) is 0 Å². The van der Waals surface area contributed by atoms with Crippen LogP contribution in [0.3, 0.4) is 0 Å². The van der Waals surface area contributed by atoms with E-state index in [1.807, 2.05) is 0 Å². The first-order chi connectivity index (χ1) is 7.03. The second-order valence-corrected chi connectivity index (χ2v) is 5.38. The predicted molar refractivity (Wildman–Crippen MR) is 64.6 cm³/mol. The van der Waals surface area contributed by atoms with E-state index in [-0.39, 0.29) is 5.54 Å². The lowest BCUT2D eigenvalue weighted by Gasteiger charge is -2.48. The fourth-order valence-corrected chi connectivity index (χ4v) is 2.70. The van der Waals surface area contributed by atoms with Crippen LogP contribution in [0, 0.1) is 18.8 Å². The first-order valence-corrected chi connectivity index (χ1v) is 5.88. The lowest BCUT2D eigenvalue weighted by Crippen LogP contribution is -2.50. The van der Waals surface area contributed by atoms with Gasteiger partial charge in [0, 0.05) is 5.54 Å². The van der Waals surface area contributed by atoms with E-state index in [0.29, 0.717) is 0 Å². The molecule has 82 valence electrons. The Hall–Kier alpha value is -0.820. The van der Waals surface area contributed by atoms with Crippen LogP contribution in [0.1, 0.15) is 37.8 Å². The van der Waals surface area contributed by atoms with Crippen molar-refractivity contribution in [2.24, 2.45) is 17.6 Å². The van der Waals surface area contributed by atoms with E-state index in [1.165, 1.54) is 11.1 Å². The summed E-state index contributed by atoms with van der Waals surface area (Å²) in [6, 6.07) is 8.53. The smallest absolute Gasteiger partial charge is 0.0417 e. The van der Waals surface area contributed by atoms with Crippen LogP contribution >= 0.6 is 0 Å². The third-order valence-electron chi connectivity index (χ3n) is 3.88. The Morgan fingerprint density at radius 2 is 1.87 bits per heavy atom. The van der Waals surface area contributed by atoms with Crippen LogP contribution in [-0.4, -0.2) is 0 Å². The highest BCUT2D eigenvalue weighted by Crippen LogP contribution is 2.47. The first kappa shape index (κ1) is 10.7. The second-order valence-electron chi connectivity index (χ2n) is 5.38. The molecule has 0 amide bonds. The molecule has 0 aromatic heterocycles. The molecule has 0 aliphatic heterocycles. The van der Waals surface area contributed by atoms with Crippen LogP contribution < -0.4 is 5.73 Å². The summed E-state index contributed by atoms with van der Waals surface area (Å²) < 4.78 is 0. The van der Waals surface area contributed by atoms with Gasteiger partial charge in [-0.15, -0.1) is 0 Å². The summed E-state index contributed by atoms with van der Waals surface area (Å²) in [5, 5.41) is 0. The highest BCUT2D eigenvalue weighted by molar-refractivity contribution is 5.34. The molecule has 0 spiro atoms. The topological polar surface area (TPSA) is 26.0 Å². The summed E-state index contributed by atoms with van der Waals surface area (Å²) in [5.74, 6) is 1.58. The minimum absolute atomic E-state index is 0.0414. The molecular formula is C14H21N. The Balaban J connectivity index is 2.17. The summed E-state index contributed by atoms with van der Waals surface area (Å²) in [5.41, 5.74) is 9.10. The highest BCUT2D eigenvalue weighted by atomic mass is 14.8. The lowest BCUT2D eigenvalue weighted by atomic mass is 9.61. The van der Waals surface area contributed by atoms with Crippen molar-refractivity contribution in [3.05, 3.63) is 35.4 Å². The number of nitrogens with two attached hydrogens (primary N) is 1. The van der Waals surface area contributed by atoms with Crippen molar-refractivity contribution in [1.82, 2.24) is 0 Å². The second kappa shape index (κ2) is 3.64. The van der Waals surface area contributed by atoms with E-state index in [0.717, 1.165) is 24.7 Å². The number of benzene rings is 1. The van der Waals surface area contributed by atoms with Gasteiger partial charge in [0.2, 0.25) is 0 Å². The molecule has 1 saturated carbocycles. The monoisotopic (exact) mass is 203 g/mol. The van der Waals surface area contributed by atoms with E-state index in [1.54, 1.807) is 0 Å². The summed E-state index contributed by atoms with van der Waals surface area (Å²) in [7, 11) is 0. The highest BCUT2D eigenvalue weighted by Gasteiger charge is 2.43. The molecule has 0 saturated heterocycles. The molecule has 1 aliphatic rings. The van der Waals surface area contributed by atoms with Gasteiger partial charge >= 0.3 is 0 Å². The fraction of sp³-hybridized carbons (Fsp3) is 0.571. The van der Waals surface area contributed by atoms with Crippen molar-refractivity contribution < 1.29 is 0 Å². The quantitative estimate of drug-likeness (QED) is 0.784. The number of hydrogen-bond donors (Lipinski definition) is 1. The summed E-state index contributed by atoms with van der Waals surface area (Å²) in [4.78, 5) is 0. The average Bonchev–Trinajstić information content (AvgIpc) is 2.13. The van der Waals surface area contributed by atoms with E-state index in [9.17, 15) is 0 Å². The standard InChI is InChI=1S/C14H21N/c1-10(2)12-8-14(15,9-12)13-7-5-4-6-11(13)3/h4-7,10,12H,8-9,15H2,1-3H3. The summed E-state index contributed by atoms with van der Waals surface area (Å²) >= 11 is 0. The molecule has 0 bridgehead atoms. The number of aryl methyl sites for hydroxylation is 1. The third-order valence-corrected chi connectivity index (χ3v) is 3.88. The molecule has 0 unspecified atom stereocenters. The molecule has 15 heavy (non-hydrogen) atoms. The zero-order valence-electron chi connectivity index (χ0n) is 9.96. The molecular weight excluding hydrogens is 182 g/mol. The largest absolute Gasteiger partial charge is 0.321 e. The van der Waals surface area contributed by atoms with Gasteiger partial charge in [0.05, 0.1) is 0 Å². The van der Waals surface area contributed by atoms with Gasteiger partial charge in [0.15, 0.2) is 0 Å². The van der Waals surface area contributed by atoms with Gasteiger partial charge in [-0.2, -0.15) is 0 Å². The SMILES string of the molecule is Cc1ccccc1C1(N)CC(C(C)C)C1. The van der Waals surface area contributed by atoms with Gasteiger partial charge in [0.1, 0.15) is 0 Å². The lowest BCUT2D eigenvalue weighted by molar-refractivity contribution is 0.104. The number of hydrogen-bond acceptors (Lipinski definition) is 1. The zero-order chi connectivity index (χ0) is 11.1. The van der Waals surface area contributed by atoms with E-state index < -0.39 is 0 Å². The van der Waals surface area contributed by atoms with Crippen LogP contribution in [0.5, 0.6) is 0 Å². The van der Waals surface area contributed by atoms with E-state index in [2.05, 4.69) is 45.0 Å². The molecule has 1 aliphatic carbocycles. The molecule has 1 nitrogen and oxygen atoms in total. The average molecular weight is 203 g/mol. The van der Waals surface area contributed by atoms with Crippen molar-refractivity contribution >= 4 is 0 Å². The normalized spacial score (nSPS) is 30.3. The Bertz CT molecular complexity index is 348. The van der Waals surface area contributed by atoms with Crippen molar-refractivity contribution in [3.8, 4) is 0 Å². The molecule has 0 atom stereocenters. The maximum absolute atomic E-state index is 6.45. The molecule has 1 aromatic rings. The molecule has 1 aromatic carbocycles. The van der Waals surface area contributed by atoms with Crippen LogP contribution in [0.15, 0.2) is 24.3 Å². The molecule has 0 heterocycles. The molecule has 1 fully saturated rings. The van der Waals surface area contributed by atoms with Crippen molar-refractivity contribution in [2.75, 3.05) is 0 Å². The minimum Gasteiger partial charge on any atom is -0.321 e. The Morgan fingerprint density at radius 1 is 1.27 bits per heavy atom. The maximum atomic E-state index is 6.45. The molecule has 2 rings (SSSR count). The van der Waals surface area contributed by atoms with Gasteiger partial charge in [-0.25, -0.2) is 0 Å². The van der Waals surface area contributed by atoms with Crippen molar-refractivity contribution in [2.45, 2.75) is 39.2 Å². The molecule has 1 heteroatoms. The van der Waals surface area contributed by atoms with Crippen LogP contribution in [0.2, 0.25) is 0 Å². The van der Waals surface area contributed by atoms with Gasteiger partial charge in [-0.3, -0.25) is 0 Å². The molecule has 0 radical (unpaired) electrons. The van der Waals surface area contributed by atoms with Crippen molar-refractivity contribution in [1.29, 1.82) is 0 Å². The van der Waals surface area contributed by atoms with E-state index >= 15 is 0 Å². The molecule has 2 N–H and O–H groups in total. The Kier molecular flexibility index (Phi) is 2.59. The van der Waals surface area contributed by atoms with Gasteiger partial charge in [-0.1, -0.05) is 38.1 Å². The van der Waals surface area contributed by atoms with Crippen LogP contribution in [-0.2, 0) is 5.54 Å². The third kappa shape index (κ3) is 1.81. The van der Waals surface area contributed by atoms with Crippen LogP contribution in [0.25, 0.3) is 0 Å². The van der Waals surface area contributed by atoms with Gasteiger partial charge in [0.25, 0.3) is 0 Å². The summed E-state index contributed by atoms with van der Waals surface area (Å²) in [6.07, 6.45) is 2.30. The Labute approximate surface area is 92.7 Å². The van der Waals surface area contributed by atoms with Gasteiger partial charge < -0.3 is 5.73 Å². The Morgan fingerprint density at radius 3 is 2.40 bits per heavy atom. The van der Waals surface area contributed by atoms with Gasteiger partial charge in [-0.05, 0) is 42.7 Å². The van der Waals surface area contributed by atoms with E-state index in [4.69, 9.17) is 5.73 Å². The van der Waals surface area contributed by atoms with Crippen LogP contribution in [0.4, 0.5) is 0 Å². The minimum atomic E-state index is -0.0414. The summed E-state index contributed by atoms with van der Waals surface area (Å²) in [6.45, 7) is 6.75. The zero-order valence-corrected chi connectivity index (χ0v) is 9.96.